The van der Waals surface area contributed by atoms with Crippen molar-refractivity contribution in [2.24, 2.45) is 57.0 Å². The van der Waals surface area contributed by atoms with Crippen molar-refractivity contribution in [3.8, 4) is 0 Å². The van der Waals surface area contributed by atoms with E-state index in [1.165, 1.54) is 5.57 Å². The van der Waals surface area contributed by atoms with E-state index < -0.39 is 21.0 Å². The van der Waals surface area contributed by atoms with Crippen LogP contribution in [-0.4, -0.2) is 19.5 Å². The Hall–Kier alpha value is -1.02. The zero-order valence-electron chi connectivity index (χ0n) is 23.9. The van der Waals surface area contributed by atoms with Crippen molar-refractivity contribution in [3.63, 3.8) is 0 Å². The lowest BCUT2D eigenvalue weighted by molar-refractivity contribution is -0.221. The van der Waals surface area contributed by atoms with E-state index in [2.05, 4.69) is 34.3 Å². The second-order valence-electron chi connectivity index (χ2n) is 14.9. The quantitative estimate of drug-likeness (QED) is 0.219. The Kier molecular flexibility index (Phi) is 6.20. The third-order valence-electron chi connectivity index (χ3n) is 13.1. The molecule has 0 amide bonds. The first kappa shape index (κ1) is 28.5. The smallest absolute Gasteiger partial charge is 0.380 e. The van der Waals surface area contributed by atoms with Crippen molar-refractivity contribution < 1.29 is 25.8 Å². The molecule has 4 fully saturated rings. The first-order valence-corrected chi connectivity index (χ1v) is 15.8. The van der Waals surface area contributed by atoms with Crippen LogP contribution in [0.4, 0.5) is 13.2 Å². The fourth-order valence-electron chi connectivity index (χ4n) is 11.1. The first-order valence-electron chi connectivity index (χ1n) is 14.4. The Morgan fingerprint density at radius 1 is 0.974 bits per heavy atom. The van der Waals surface area contributed by atoms with Gasteiger partial charge in [0, 0.05) is 11.0 Å². The average Bonchev–Trinajstić information content (AvgIpc) is 3.13. The maximum absolute atomic E-state index is 13.2. The van der Waals surface area contributed by atoms with E-state index in [9.17, 15) is 21.6 Å². The zero-order chi connectivity index (χ0) is 28.3. The maximum atomic E-state index is 13.2. The normalized spacial score (nSPS) is 48.2. The predicted octanol–water partition coefficient (Wildman–Crippen LogP) is 7.72. The molecular formula is C30H46F3NO3S. The Labute approximate surface area is 227 Å². The molecule has 0 aromatic heterocycles. The van der Waals surface area contributed by atoms with Crippen molar-refractivity contribution >= 4 is 10.1 Å². The summed E-state index contributed by atoms with van der Waals surface area (Å²) in [6.07, 6.45) is 10.5. The number of rotatable bonds is 3. The minimum Gasteiger partial charge on any atom is -0.380 e. The van der Waals surface area contributed by atoms with Crippen molar-refractivity contribution in [2.75, 3.05) is 0 Å². The summed E-state index contributed by atoms with van der Waals surface area (Å²) >= 11 is 0. The number of hydrogen-bond donors (Lipinski definition) is 1. The van der Waals surface area contributed by atoms with Crippen LogP contribution in [0.3, 0.4) is 0 Å². The molecule has 0 bridgehead atoms. The lowest BCUT2D eigenvalue weighted by atomic mass is 9.33. The van der Waals surface area contributed by atoms with Crippen molar-refractivity contribution in [3.05, 3.63) is 24.0 Å². The lowest BCUT2D eigenvalue weighted by Gasteiger charge is -2.72. The van der Waals surface area contributed by atoms with Crippen LogP contribution in [0.5, 0.6) is 0 Å². The van der Waals surface area contributed by atoms with Crippen LogP contribution in [0.25, 0.3) is 0 Å². The molecule has 8 heteroatoms. The molecule has 5 aliphatic rings. The summed E-state index contributed by atoms with van der Waals surface area (Å²) < 4.78 is 68.1. The summed E-state index contributed by atoms with van der Waals surface area (Å²) in [5.41, 5.74) is 2.08. The van der Waals surface area contributed by atoms with Crippen LogP contribution >= 0.6 is 0 Å². The van der Waals surface area contributed by atoms with Gasteiger partial charge in [-0.25, -0.2) is 0 Å². The molecule has 0 heterocycles. The topological polar surface area (TPSA) is 69.4 Å². The molecular weight excluding hydrogens is 511 g/mol. The second-order valence-corrected chi connectivity index (χ2v) is 16.4. The van der Waals surface area contributed by atoms with E-state index in [4.69, 9.17) is 9.92 Å². The average molecular weight is 558 g/mol. The molecule has 9 atom stereocenters. The molecule has 0 radical (unpaired) electrons. The fourth-order valence-corrected chi connectivity index (χ4v) is 11.7. The molecule has 38 heavy (non-hydrogen) atoms. The van der Waals surface area contributed by atoms with Gasteiger partial charge < -0.3 is 9.92 Å². The van der Waals surface area contributed by atoms with Gasteiger partial charge in [-0.15, -0.1) is 0 Å². The van der Waals surface area contributed by atoms with E-state index >= 15 is 0 Å². The van der Waals surface area contributed by atoms with Gasteiger partial charge in [-0.3, -0.25) is 0 Å². The Bertz CT molecular complexity index is 1160. The van der Waals surface area contributed by atoms with Gasteiger partial charge in [-0.1, -0.05) is 46.8 Å². The van der Waals surface area contributed by atoms with E-state index in [1.54, 1.807) is 6.08 Å². The summed E-state index contributed by atoms with van der Waals surface area (Å²) in [6, 6.07) is 0. The molecule has 4 nitrogen and oxygen atoms in total. The molecule has 2 N–H and O–H groups in total. The fraction of sp³-hybridized carbons (Fsp3) is 0.867. The molecule has 0 spiro atoms. The highest BCUT2D eigenvalue weighted by molar-refractivity contribution is 7.87. The number of fused-ring (bicyclic) bond motifs is 7. The minimum absolute atomic E-state index is 0.0310. The molecule has 216 valence electrons. The summed E-state index contributed by atoms with van der Waals surface area (Å²) in [7, 11) is -5.70. The van der Waals surface area contributed by atoms with Crippen LogP contribution < -0.4 is 5.73 Å². The monoisotopic (exact) mass is 557 g/mol. The van der Waals surface area contributed by atoms with Crippen LogP contribution in [0, 0.1) is 51.2 Å². The van der Waals surface area contributed by atoms with Crippen molar-refractivity contribution in [2.45, 2.75) is 110 Å². The van der Waals surface area contributed by atoms with Crippen molar-refractivity contribution in [1.82, 2.24) is 0 Å². The van der Waals surface area contributed by atoms with Gasteiger partial charge in [-0.05, 0) is 117 Å². The second kappa shape index (κ2) is 8.27. The third kappa shape index (κ3) is 3.60. The number of halogens is 3. The van der Waals surface area contributed by atoms with Gasteiger partial charge in [-0.2, -0.15) is 21.6 Å². The summed E-state index contributed by atoms with van der Waals surface area (Å²) in [6.45, 7) is 17.5. The van der Waals surface area contributed by atoms with Gasteiger partial charge in [0.15, 0.2) is 0 Å². The SMILES string of the molecule is C=C(C)[C@@H]1CC[C@]2(N)CC[C@]3(C)[C@H](CC[C@@H]4[C@]5(C)CC=C(OS(=O)(=O)C(F)(F)F)C(C)(C)[C@@H]5CC[C@]43C)[C@@H]12. The highest BCUT2D eigenvalue weighted by Gasteiger charge is 2.70. The van der Waals surface area contributed by atoms with Gasteiger partial charge in [0.2, 0.25) is 0 Å². The van der Waals surface area contributed by atoms with Gasteiger partial charge >= 0.3 is 15.6 Å². The minimum atomic E-state index is -5.70. The lowest BCUT2D eigenvalue weighted by Crippen LogP contribution is -2.67. The molecule has 4 saturated carbocycles. The number of nitrogens with two attached hydrogens (primary N) is 1. The van der Waals surface area contributed by atoms with E-state index in [1.807, 2.05) is 13.8 Å². The Morgan fingerprint density at radius 3 is 2.24 bits per heavy atom. The Balaban J connectivity index is 1.51. The van der Waals surface area contributed by atoms with Crippen LogP contribution in [0.15, 0.2) is 24.0 Å². The van der Waals surface area contributed by atoms with Crippen LogP contribution in [-0.2, 0) is 14.3 Å². The Morgan fingerprint density at radius 2 is 1.63 bits per heavy atom. The molecule has 5 aliphatic carbocycles. The zero-order valence-corrected chi connectivity index (χ0v) is 24.7. The molecule has 0 aromatic rings. The van der Waals surface area contributed by atoms with E-state index in [0.29, 0.717) is 30.1 Å². The maximum Gasteiger partial charge on any atom is 0.534 e. The molecule has 0 aliphatic heterocycles. The predicted molar refractivity (Wildman–Crippen MR) is 143 cm³/mol. The van der Waals surface area contributed by atoms with Gasteiger partial charge in [0.25, 0.3) is 0 Å². The van der Waals surface area contributed by atoms with Gasteiger partial charge in [0.05, 0.1) is 0 Å². The van der Waals surface area contributed by atoms with E-state index in [0.717, 1.165) is 51.4 Å². The largest absolute Gasteiger partial charge is 0.534 e. The highest BCUT2D eigenvalue weighted by atomic mass is 32.2. The highest BCUT2D eigenvalue weighted by Crippen LogP contribution is 2.76. The van der Waals surface area contributed by atoms with E-state index in [-0.39, 0.29) is 33.5 Å². The number of alkyl halides is 3. The van der Waals surface area contributed by atoms with Crippen molar-refractivity contribution in [1.29, 1.82) is 0 Å². The molecule has 0 unspecified atom stereocenters. The summed E-state index contributed by atoms with van der Waals surface area (Å²) in [4.78, 5) is 0. The molecule has 5 rings (SSSR count). The standard InChI is InChI=1S/C30H46F3NO3S/c1-18(2)19-10-15-29(34)17-16-27(6)20(24(19)29)8-9-22-26(5)13-12-23(37-38(35,36)30(31,32)33)25(3,4)21(26)11-14-28(22,27)7/h12,19-22,24H,1,8-11,13-17,34H2,2-7H3/t19-,20+,21-,22+,24+,26+,27+,28+,29-/m0/s1. The number of allylic oxidation sites excluding steroid dienone is 3. The molecule has 0 saturated heterocycles. The summed E-state index contributed by atoms with van der Waals surface area (Å²) in [5, 5.41) is 0. The van der Waals surface area contributed by atoms with Crippen LogP contribution in [0.2, 0.25) is 0 Å². The first-order chi connectivity index (χ1) is 17.2. The van der Waals surface area contributed by atoms with Gasteiger partial charge in [0.1, 0.15) is 5.76 Å². The number of hydrogen-bond acceptors (Lipinski definition) is 4. The van der Waals surface area contributed by atoms with Crippen LogP contribution in [0.1, 0.15) is 99.3 Å². The summed E-state index contributed by atoms with van der Waals surface area (Å²) in [5.74, 6) is 1.84. The third-order valence-corrected chi connectivity index (χ3v) is 14.1. The molecule has 0 aromatic carbocycles.